The SMILES string of the molecule is O=C=CC1C=C1. The van der Waals surface area contributed by atoms with Gasteiger partial charge in [0.15, 0.2) is 0 Å². The fourth-order valence-electron chi connectivity index (χ4n) is 0.254. The number of carbonyl (C=O) groups excluding carboxylic acids is 1. The van der Waals surface area contributed by atoms with Gasteiger partial charge in [0, 0.05) is 12.0 Å². The van der Waals surface area contributed by atoms with Crippen LogP contribution in [0.15, 0.2) is 18.2 Å². The zero-order valence-corrected chi connectivity index (χ0v) is 3.22. The zero-order valence-electron chi connectivity index (χ0n) is 3.22. The minimum Gasteiger partial charge on any atom is -0.234 e. The molecule has 0 aromatic rings. The van der Waals surface area contributed by atoms with Crippen LogP contribution in [-0.4, -0.2) is 5.94 Å². The summed E-state index contributed by atoms with van der Waals surface area (Å²) < 4.78 is 0. The lowest BCUT2D eigenvalue weighted by Gasteiger charge is -1.63. The highest BCUT2D eigenvalue weighted by Crippen LogP contribution is 2.14. The van der Waals surface area contributed by atoms with Gasteiger partial charge in [0.1, 0.15) is 5.94 Å². The van der Waals surface area contributed by atoms with Crippen LogP contribution >= 0.6 is 0 Å². The van der Waals surface area contributed by atoms with E-state index in [0.29, 0.717) is 5.92 Å². The Hall–Kier alpha value is -0.810. The molecule has 30 valence electrons. The molecule has 1 heteroatoms. The first-order valence-electron chi connectivity index (χ1n) is 1.83. The monoisotopic (exact) mass is 80.0 g/mol. The van der Waals surface area contributed by atoms with E-state index in [1.807, 2.05) is 12.2 Å². The van der Waals surface area contributed by atoms with Crippen LogP contribution in [0.5, 0.6) is 0 Å². The summed E-state index contributed by atoms with van der Waals surface area (Å²) in [6.07, 6.45) is 5.36. The van der Waals surface area contributed by atoms with E-state index in [1.165, 1.54) is 6.08 Å². The molecular weight excluding hydrogens is 76.1 g/mol. The van der Waals surface area contributed by atoms with Gasteiger partial charge in [-0.15, -0.1) is 0 Å². The van der Waals surface area contributed by atoms with Gasteiger partial charge in [-0.25, -0.2) is 4.79 Å². The molecule has 0 atom stereocenters. The first kappa shape index (κ1) is 3.38. The molecule has 6 heavy (non-hydrogen) atoms. The Morgan fingerprint density at radius 3 is 2.50 bits per heavy atom. The fraction of sp³-hybridized carbons (Fsp3) is 0.200. The van der Waals surface area contributed by atoms with Crippen LogP contribution in [0.3, 0.4) is 0 Å². The molecule has 0 fully saturated rings. The van der Waals surface area contributed by atoms with Crippen LogP contribution in [0.25, 0.3) is 0 Å². The van der Waals surface area contributed by atoms with Crippen LogP contribution in [-0.2, 0) is 4.79 Å². The second-order valence-corrected chi connectivity index (χ2v) is 1.25. The second kappa shape index (κ2) is 1.11. The van der Waals surface area contributed by atoms with Crippen molar-refractivity contribution in [1.29, 1.82) is 0 Å². The molecule has 0 N–H and O–H groups in total. The maximum atomic E-state index is 9.43. The maximum absolute atomic E-state index is 9.43. The molecule has 0 aromatic heterocycles. The van der Waals surface area contributed by atoms with Gasteiger partial charge >= 0.3 is 0 Å². The van der Waals surface area contributed by atoms with E-state index in [4.69, 9.17) is 0 Å². The van der Waals surface area contributed by atoms with Gasteiger partial charge in [-0.05, 0) is 0 Å². The van der Waals surface area contributed by atoms with Crippen LogP contribution in [0.1, 0.15) is 0 Å². The van der Waals surface area contributed by atoms with Crippen molar-refractivity contribution >= 4 is 5.94 Å². The number of rotatable bonds is 1. The van der Waals surface area contributed by atoms with Gasteiger partial charge in [0.05, 0.1) is 0 Å². The molecule has 0 aliphatic heterocycles. The summed E-state index contributed by atoms with van der Waals surface area (Å²) in [7, 11) is 0. The van der Waals surface area contributed by atoms with Crippen molar-refractivity contribution in [2.75, 3.05) is 0 Å². The molecule has 1 aliphatic carbocycles. The number of hydrogen-bond donors (Lipinski definition) is 0. The third-order valence-electron chi connectivity index (χ3n) is 0.675. The highest BCUT2D eigenvalue weighted by atomic mass is 16.1. The summed E-state index contributed by atoms with van der Waals surface area (Å²) in [6.45, 7) is 0. The van der Waals surface area contributed by atoms with Crippen LogP contribution in [0, 0.1) is 5.92 Å². The highest BCUT2D eigenvalue weighted by molar-refractivity contribution is 5.49. The van der Waals surface area contributed by atoms with Gasteiger partial charge in [-0.2, -0.15) is 0 Å². The summed E-state index contributed by atoms with van der Waals surface area (Å²) in [6, 6.07) is 0. The molecule has 1 rings (SSSR count). The molecule has 0 saturated carbocycles. The van der Waals surface area contributed by atoms with Crippen molar-refractivity contribution in [3.63, 3.8) is 0 Å². The smallest absolute Gasteiger partial charge is 0.120 e. The molecule has 0 spiro atoms. The third kappa shape index (κ3) is 0.568. The Balaban J connectivity index is 2.36. The Bertz CT molecular complexity index is 112. The Labute approximate surface area is 36.0 Å². The van der Waals surface area contributed by atoms with E-state index in [1.54, 1.807) is 5.94 Å². The van der Waals surface area contributed by atoms with Crippen molar-refractivity contribution < 1.29 is 4.79 Å². The van der Waals surface area contributed by atoms with Crippen molar-refractivity contribution in [2.24, 2.45) is 5.92 Å². The Morgan fingerprint density at radius 1 is 1.67 bits per heavy atom. The molecule has 0 saturated heterocycles. The van der Waals surface area contributed by atoms with Crippen LogP contribution in [0.4, 0.5) is 0 Å². The largest absolute Gasteiger partial charge is 0.234 e. The standard InChI is InChI=1S/C5H4O/c6-4-3-5-1-2-5/h1-3,5H. The average molecular weight is 80.1 g/mol. The minimum absolute atomic E-state index is 0.350. The first-order chi connectivity index (χ1) is 2.93. The molecule has 0 unspecified atom stereocenters. The Kier molecular flexibility index (Phi) is 0.627. The summed E-state index contributed by atoms with van der Waals surface area (Å²) in [5.74, 6) is 2.04. The van der Waals surface area contributed by atoms with E-state index in [2.05, 4.69) is 0 Å². The first-order valence-corrected chi connectivity index (χ1v) is 1.83. The van der Waals surface area contributed by atoms with E-state index in [-0.39, 0.29) is 0 Å². The third-order valence-corrected chi connectivity index (χ3v) is 0.675. The molecule has 1 nitrogen and oxygen atoms in total. The summed E-state index contributed by atoms with van der Waals surface area (Å²) >= 11 is 0. The van der Waals surface area contributed by atoms with Gasteiger partial charge in [0.2, 0.25) is 0 Å². The predicted molar refractivity (Wildman–Crippen MR) is 22.9 cm³/mol. The van der Waals surface area contributed by atoms with Gasteiger partial charge in [-0.3, -0.25) is 0 Å². The van der Waals surface area contributed by atoms with Crippen molar-refractivity contribution in [3.8, 4) is 0 Å². The van der Waals surface area contributed by atoms with E-state index in [0.717, 1.165) is 0 Å². The minimum atomic E-state index is 0.350. The summed E-state index contributed by atoms with van der Waals surface area (Å²) in [5, 5.41) is 0. The van der Waals surface area contributed by atoms with Crippen LogP contribution in [0.2, 0.25) is 0 Å². The molecule has 0 radical (unpaired) electrons. The number of allylic oxidation sites excluding steroid dienone is 3. The number of hydrogen-bond acceptors (Lipinski definition) is 1. The second-order valence-electron chi connectivity index (χ2n) is 1.25. The predicted octanol–water partition coefficient (Wildman–Crippen LogP) is 0.560. The summed E-state index contributed by atoms with van der Waals surface area (Å²) in [5.41, 5.74) is 0. The molecule has 0 amide bonds. The fourth-order valence-corrected chi connectivity index (χ4v) is 0.254. The topological polar surface area (TPSA) is 17.1 Å². The van der Waals surface area contributed by atoms with Crippen molar-refractivity contribution in [1.82, 2.24) is 0 Å². The average Bonchev–Trinajstić information content (AvgIpc) is 2.21. The highest BCUT2D eigenvalue weighted by Gasteiger charge is 2.03. The van der Waals surface area contributed by atoms with Gasteiger partial charge in [0.25, 0.3) is 0 Å². The quantitative estimate of drug-likeness (QED) is 0.332. The molecule has 0 bridgehead atoms. The lowest BCUT2D eigenvalue weighted by atomic mass is 10.4. The molecular formula is C5H4O. The molecule has 0 heterocycles. The lowest BCUT2D eigenvalue weighted by Crippen LogP contribution is -1.61. The van der Waals surface area contributed by atoms with E-state index < -0.39 is 0 Å². The van der Waals surface area contributed by atoms with Crippen LogP contribution < -0.4 is 0 Å². The van der Waals surface area contributed by atoms with Crippen molar-refractivity contribution in [3.05, 3.63) is 18.2 Å². The zero-order chi connectivity index (χ0) is 4.41. The lowest BCUT2D eigenvalue weighted by molar-refractivity contribution is 0.568. The van der Waals surface area contributed by atoms with Gasteiger partial charge in [-0.1, -0.05) is 12.2 Å². The Morgan fingerprint density at radius 2 is 2.33 bits per heavy atom. The maximum Gasteiger partial charge on any atom is 0.120 e. The molecule has 1 aliphatic rings. The summed E-state index contributed by atoms with van der Waals surface area (Å²) in [4.78, 5) is 9.43. The van der Waals surface area contributed by atoms with Crippen molar-refractivity contribution in [2.45, 2.75) is 0 Å². The van der Waals surface area contributed by atoms with Gasteiger partial charge < -0.3 is 0 Å². The van der Waals surface area contributed by atoms with E-state index in [9.17, 15) is 4.79 Å². The normalized spacial score (nSPS) is 16.7. The molecule has 0 aromatic carbocycles. The van der Waals surface area contributed by atoms with E-state index >= 15 is 0 Å².